The van der Waals surface area contributed by atoms with E-state index < -0.39 is 0 Å². The van der Waals surface area contributed by atoms with Gasteiger partial charge in [-0.3, -0.25) is 0 Å². The molecular formula is C15H32O6. The van der Waals surface area contributed by atoms with Crippen LogP contribution in [0.2, 0.25) is 0 Å². The standard InChI is InChI=1S/C15H32O6/c1-15(2,3)14-21-13-12-20-11-10-19-9-8-18-7-6-17-5-4-16/h16H,4-14H2,1-3H3. The highest BCUT2D eigenvalue weighted by Gasteiger charge is 2.09. The molecule has 0 amide bonds. The van der Waals surface area contributed by atoms with Gasteiger partial charge in [-0.15, -0.1) is 0 Å². The van der Waals surface area contributed by atoms with Gasteiger partial charge in [0.1, 0.15) is 0 Å². The number of ether oxygens (including phenoxy) is 5. The maximum atomic E-state index is 8.49. The molecule has 6 nitrogen and oxygen atoms in total. The molecule has 0 aromatic rings. The molecule has 0 aromatic heterocycles. The molecule has 0 spiro atoms. The second-order valence-corrected chi connectivity index (χ2v) is 5.79. The molecule has 0 radical (unpaired) electrons. The lowest BCUT2D eigenvalue weighted by Crippen LogP contribution is -2.17. The first-order chi connectivity index (χ1) is 10.1. The number of aliphatic hydroxyl groups excluding tert-OH is 1. The molecule has 0 bridgehead atoms. The predicted octanol–water partition coefficient (Wildman–Crippen LogP) is 1.11. The van der Waals surface area contributed by atoms with Crippen molar-refractivity contribution in [3.05, 3.63) is 0 Å². The number of hydrogen-bond acceptors (Lipinski definition) is 6. The van der Waals surface area contributed by atoms with E-state index in [-0.39, 0.29) is 12.0 Å². The molecule has 0 heterocycles. The van der Waals surface area contributed by atoms with Crippen molar-refractivity contribution in [2.75, 3.05) is 72.7 Å². The summed E-state index contributed by atoms with van der Waals surface area (Å²) in [6.45, 7) is 12.0. The molecule has 0 saturated carbocycles. The van der Waals surface area contributed by atoms with E-state index in [0.29, 0.717) is 59.5 Å². The predicted molar refractivity (Wildman–Crippen MR) is 80.6 cm³/mol. The summed E-state index contributed by atoms with van der Waals surface area (Å²) in [6.07, 6.45) is 0. The maximum Gasteiger partial charge on any atom is 0.0701 e. The first-order valence-corrected chi connectivity index (χ1v) is 7.56. The fraction of sp³-hybridized carbons (Fsp3) is 1.00. The highest BCUT2D eigenvalue weighted by molar-refractivity contribution is 4.58. The number of rotatable bonds is 15. The molecule has 0 unspecified atom stereocenters. The van der Waals surface area contributed by atoms with E-state index in [9.17, 15) is 0 Å². The van der Waals surface area contributed by atoms with E-state index in [2.05, 4.69) is 20.8 Å². The van der Waals surface area contributed by atoms with E-state index in [1.54, 1.807) is 0 Å². The first kappa shape index (κ1) is 20.8. The zero-order valence-electron chi connectivity index (χ0n) is 13.8. The Morgan fingerprint density at radius 3 is 1.24 bits per heavy atom. The van der Waals surface area contributed by atoms with Crippen LogP contribution in [0.3, 0.4) is 0 Å². The molecule has 1 N–H and O–H groups in total. The van der Waals surface area contributed by atoms with E-state index in [1.165, 1.54) is 0 Å². The first-order valence-electron chi connectivity index (χ1n) is 7.56. The Kier molecular flexibility index (Phi) is 14.5. The number of aliphatic hydroxyl groups is 1. The van der Waals surface area contributed by atoms with Gasteiger partial charge in [0.05, 0.1) is 72.7 Å². The summed E-state index contributed by atoms with van der Waals surface area (Å²) in [5, 5.41) is 8.49. The number of hydrogen-bond donors (Lipinski definition) is 1. The van der Waals surface area contributed by atoms with Crippen LogP contribution in [-0.2, 0) is 23.7 Å². The van der Waals surface area contributed by atoms with Crippen LogP contribution >= 0.6 is 0 Å². The minimum Gasteiger partial charge on any atom is -0.394 e. The Hall–Kier alpha value is -0.240. The van der Waals surface area contributed by atoms with E-state index in [4.69, 9.17) is 28.8 Å². The van der Waals surface area contributed by atoms with Gasteiger partial charge in [-0.05, 0) is 5.41 Å². The van der Waals surface area contributed by atoms with E-state index in [1.807, 2.05) is 0 Å². The molecule has 0 aromatic carbocycles. The van der Waals surface area contributed by atoms with Crippen molar-refractivity contribution in [1.82, 2.24) is 0 Å². The lowest BCUT2D eigenvalue weighted by Gasteiger charge is -2.17. The minimum absolute atomic E-state index is 0.0460. The molecule has 6 heteroatoms. The molecule has 21 heavy (non-hydrogen) atoms. The van der Waals surface area contributed by atoms with Crippen molar-refractivity contribution in [1.29, 1.82) is 0 Å². The van der Waals surface area contributed by atoms with Gasteiger partial charge < -0.3 is 28.8 Å². The summed E-state index contributed by atoms with van der Waals surface area (Å²) < 4.78 is 26.5. The molecule has 0 fully saturated rings. The second-order valence-electron chi connectivity index (χ2n) is 5.79. The summed E-state index contributed by atoms with van der Waals surface area (Å²) in [5.41, 5.74) is 0.201. The van der Waals surface area contributed by atoms with Crippen molar-refractivity contribution >= 4 is 0 Å². The van der Waals surface area contributed by atoms with Gasteiger partial charge in [0, 0.05) is 0 Å². The Bertz CT molecular complexity index is 205. The summed E-state index contributed by atoms with van der Waals surface area (Å²) in [4.78, 5) is 0. The molecule has 0 saturated heterocycles. The van der Waals surface area contributed by atoms with Gasteiger partial charge in [0.15, 0.2) is 0 Å². The SMILES string of the molecule is CC(C)(C)COCCOCCOCCOCCOCCO. The highest BCUT2D eigenvalue weighted by Crippen LogP contribution is 2.12. The third kappa shape index (κ3) is 19.8. The van der Waals surface area contributed by atoms with E-state index >= 15 is 0 Å². The molecule has 0 atom stereocenters. The Morgan fingerprint density at radius 1 is 0.571 bits per heavy atom. The zero-order valence-corrected chi connectivity index (χ0v) is 13.8. The maximum absolute atomic E-state index is 8.49. The fourth-order valence-corrected chi connectivity index (χ4v) is 1.32. The third-order valence-corrected chi connectivity index (χ3v) is 2.26. The zero-order chi connectivity index (χ0) is 15.8. The Labute approximate surface area is 128 Å². The van der Waals surface area contributed by atoms with Gasteiger partial charge in [0.25, 0.3) is 0 Å². The summed E-state index contributed by atoms with van der Waals surface area (Å²) in [6, 6.07) is 0. The van der Waals surface area contributed by atoms with Crippen molar-refractivity contribution in [2.24, 2.45) is 5.41 Å². The van der Waals surface area contributed by atoms with Crippen LogP contribution in [0.25, 0.3) is 0 Å². The molecular weight excluding hydrogens is 276 g/mol. The van der Waals surface area contributed by atoms with Gasteiger partial charge in [-0.2, -0.15) is 0 Å². The van der Waals surface area contributed by atoms with Gasteiger partial charge >= 0.3 is 0 Å². The normalized spacial score (nSPS) is 12.0. The molecule has 0 aliphatic heterocycles. The fourth-order valence-electron chi connectivity index (χ4n) is 1.32. The average molecular weight is 308 g/mol. The van der Waals surface area contributed by atoms with Crippen LogP contribution in [0.1, 0.15) is 20.8 Å². The summed E-state index contributed by atoms with van der Waals surface area (Å²) >= 11 is 0. The minimum atomic E-state index is 0.0460. The average Bonchev–Trinajstić information content (AvgIpc) is 2.42. The lowest BCUT2D eigenvalue weighted by atomic mass is 9.99. The summed E-state index contributed by atoms with van der Waals surface area (Å²) in [7, 11) is 0. The van der Waals surface area contributed by atoms with Gasteiger partial charge in [-0.25, -0.2) is 0 Å². The van der Waals surface area contributed by atoms with Crippen molar-refractivity contribution < 1.29 is 28.8 Å². The molecule has 0 rings (SSSR count). The van der Waals surface area contributed by atoms with Gasteiger partial charge in [0.2, 0.25) is 0 Å². The Balaban J connectivity index is 3.00. The van der Waals surface area contributed by atoms with Crippen molar-refractivity contribution in [3.63, 3.8) is 0 Å². The van der Waals surface area contributed by atoms with Crippen molar-refractivity contribution in [3.8, 4) is 0 Å². The largest absolute Gasteiger partial charge is 0.394 e. The van der Waals surface area contributed by atoms with Gasteiger partial charge in [-0.1, -0.05) is 20.8 Å². The van der Waals surface area contributed by atoms with E-state index in [0.717, 1.165) is 6.61 Å². The second kappa shape index (κ2) is 14.7. The van der Waals surface area contributed by atoms with Crippen LogP contribution in [0, 0.1) is 5.41 Å². The highest BCUT2D eigenvalue weighted by atomic mass is 16.6. The van der Waals surface area contributed by atoms with Crippen LogP contribution in [-0.4, -0.2) is 77.8 Å². The monoisotopic (exact) mass is 308 g/mol. The van der Waals surface area contributed by atoms with Crippen LogP contribution in [0.4, 0.5) is 0 Å². The third-order valence-electron chi connectivity index (χ3n) is 2.26. The summed E-state index contributed by atoms with van der Waals surface area (Å²) in [5.74, 6) is 0. The quantitative estimate of drug-likeness (QED) is 0.457. The van der Waals surface area contributed by atoms with Crippen molar-refractivity contribution in [2.45, 2.75) is 20.8 Å². The van der Waals surface area contributed by atoms with Crippen LogP contribution < -0.4 is 0 Å². The molecule has 128 valence electrons. The topological polar surface area (TPSA) is 66.4 Å². The van der Waals surface area contributed by atoms with Crippen LogP contribution in [0.15, 0.2) is 0 Å². The Morgan fingerprint density at radius 2 is 0.905 bits per heavy atom. The lowest BCUT2D eigenvalue weighted by molar-refractivity contribution is -0.0183. The smallest absolute Gasteiger partial charge is 0.0701 e. The molecule has 0 aliphatic carbocycles. The van der Waals surface area contributed by atoms with Crippen LogP contribution in [0.5, 0.6) is 0 Å². The molecule has 0 aliphatic rings.